The van der Waals surface area contributed by atoms with E-state index in [1.165, 1.54) is 12.1 Å². The van der Waals surface area contributed by atoms with E-state index in [1.54, 1.807) is 12.1 Å². The Balaban J connectivity index is 3.01. The Hall–Kier alpha value is -1.07. The molecule has 4 nitrogen and oxygen atoms in total. The lowest BCUT2D eigenvalue weighted by Crippen LogP contribution is -2.28. The van der Waals surface area contributed by atoms with Crippen molar-refractivity contribution in [3.05, 3.63) is 29.8 Å². The molecule has 0 fully saturated rings. The van der Waals surface area contributed by atoms with E-state index in [-0.39, 0.29) is 4.90 Å². The van der Waals surface area contributed by atoms with E-state index in [1.807, 2.05) is 4.72 Å². The first kappa shape index (κ1) is 12.0. The zero-order valence-electron chi connectivity index (χ0n) is 8.03. The molecule has 1 amide bonds. The van der Waals surface area contributed by atoms with Crippen molar-refractivity contribution in [1.29, 1.82) is 0 Å². The molecule has 1 N–H and O–H groups in total. The third-order valence-corrected chi connectivity index (χ3v) is 3.42. The van der Waals surface area contributed by atoms with Crippen LogP contribution in [-0.4, -0.2) is 14.3 Å². The first-order chi connectivity index (χ1) is 6.95. The number of halogens is 1. The van der Waals surface area contributed by atoms with Crippen LogP contribution in [0.2, 0.25) is 0 Å². The van der Waals surface area contributed by atoms with Crippen molar-refractivity contribution in [2.24, 2.45) is 0 Å². The standard InChI is InChI=1S/C9H10ClNO3S/c1-7(12)11-15(13,14)9-4-2-8(6-10)3-5-9/h2-5H,6H2,1H3,(H,11,12). The minimum Gasteiger partial charge on any atom is -0.274 e. The van der Waals surface area contributed by atoms with Crippen molar-refractivity contribution in [2.45, 2.75) is 17.7 Å². The summed E-state index contributed by atoms with van der Waals surface area (Å²) >= 11 is 5.56. The number of carbonyl (C=O) groups is 1. The average molecular weight is 248 g/mol. The fourth-order valence-corrected chi connectivity index (χ4v) is 2.17. The zero-order valence-corrected chi connectivity index (χ0v) is 9.60. The second kappa shape index (κ2) is 4.63. The van der Waals surface area contributed by atoms with Crippen LogP contribution in [0.4, 0.5) is 0 Å². The Morgan fingerprint density at radius 3 is 2.27 bits per heavy atom. The van der Waals surface area contributed by atoms with Gasteiger partial charge in [-0.1, -0.05) is 12.1 Å². The van der Waals surface area contributed by atoms with Gasteiger partial charge in [0.25, 0.3) is 10.0 Å². The molecule has 0 unspecified atom stereocenters. The molecule has 0 saturated carbocycles. The number of benzene rings is 1. The number of hydrogen-bond acceptors (Lipinski definition) is 3. The van der Waals surface area contributed by atoms with E-state index >= 15 is 0 Å². The molecule has 6 heteroatoms. The summed E-state index contributed by atoms with van der Waals surface area (Å²) in [7, 11) is -3.73. The topological polar surface area (TPSA) is 63.2 Å². The van der Waals surface area contributed by atoms with Gasteiger partial charge in [0, 0.05) is 12.8 Å². The van der Waals surface area contributed by atoms with Crippen LogP contribution in [0.3, 0.4) is 0 Å². The maximum Gasteiger partial charge on any atom is 0.264 e. The number of hydrogen-bond donors (Lipinski definition) is 1. The van der Waals surface area contributed by atoms with Crippen LogP contribution in [0.5, 0.6) is 0 Å². The molecule has 0 aliphatic heterocycles. The number of nitrogens with one attached hydrogen (secondary N) is 1. The molecule has 0 heterocycles. The van der Waals surface area contributed by atoms with E-state index in [2.05, 4.69) is 0 Å². The second-order valence-electron chi connectivity index (χ2n) is 2.94. The Kier molecular flexibility index (Phi) is 3.71. The maximum absolute atomic E-state index is 11.5. The Labute approximate surface area is 93.3 Å². The molecular formula is C9H10ClNO3S. The largest absolute Gasteiger partial charge is 0.274 e. The maximum atomic E-state index is 11.5. The van der Waals surface area contributed by atoms with Crippen molar-refractivity contribution in [3.8, 4) is 0 Å². The summed E-state index contributed by atoms with van der Waals surface area (Å²) in [6.07, 6.45) is 0. The van der Waals surface area contributed by atoms with Gasteiger partial charge in [-0.3, -0.25) is 4.79 Å². The Morgan fingerprint density at radius 1 is 1.33 bits per heavy atom. The highest BCUT2D eigenvalue weighted by molar-refractivity contribution is 7.90. The molecular weight excluding hydrogens is 238 g/mol. The summed E-state index contributed by atoms with van der Waals surface area (Å²) in [6, 6.07) is 6.01. The lowest BCUT2D eigenvalue weighted by molar-refractivity contribution is -0.117. The van der Waals surface area contributed by atoms with Gasteiger partial charge in [0.15, 0.2) is 0 Å². The number of alkyl halides is 1. The van der Waals surface area contributed by atoms with E-state index in [0.717, 1.165) is 12.5 Å². The summed E-state index contributed by atoms with van der Waals surface area (Å²) in [5.41, 5.74) is 0.818. The summed E-state index contributed by atoms with van der Waals surface area (Å²) in [4.78, 5) is 10.7. The summed E-state index contributed by atoms with van der Waals surface area (Å²) < 4.78 is 24.8. The molecule has 15 heavy (non-hydrogen) atoms. The third kappa shape index (κ3) is 3.21. The third-order valence-electron chi connectivity index (χ3n) is 1.67. The van der Waals surface area contributed by atoms with Crippen molar-refractivity contribution in [1.82, 2.24) is 4.72 Å². The van der Waals surface area contributed by atoms with Gasteiger partial charge in [-0.05, 0) is 17.7 Å². The molecule has 82 valence electrons. The van der Waals surface area contributed by atoms with Gasteiger partial charge in [0.2, 0.25) is 5.91 Å². The molecule has 1 aromatic carbocycles. The second-order valence-corrected chi connectivity index (χ2v) is 4.89. The molecule has 0 saturated heterocycles. The van der Waals surface area contributed by atoms with Gasteiger partial charge in [-0.15, -0.1) is 11.6 Å². The van der Waals surface area contributed by atoms with Gasteiger partial charge in [0.1, 0.15) is 0 Å². The normalized spacial score (nSPS) is 11.1. The number of rotatable bonds is 3. The van der Waals surface area contributed by atoms with Crippen LogP contribution >= 0.6 is 11.6 Å². The Bertz CT molecular complexity index is 453. The van der Waals surface area contributed by atoms with Crippen LogP contribution in [0.15, 0.2) is 29.2 Å². The van der Waals surface area contributed by atoms with Crippen molar-refractivity contribution >= 4 is 27.5 Å². The van der Waals surface area contributed by atoms with E-state index < -0.39 is 15.9 Å². The lowest BCUT2D eigenvalue weighted by atomic mass is 10.2. The number of amides is 1. The first-order valence-corrected chi connectivity index (χ1v) is 6.16. The quantitative estimate of drug-likeness (QED) is 0.818. The monoisotopic (exact) mass is 247 g/mol. The molecule has 0 bridgehead atoms. The fraction of sp³-hybridized carbons (Fsp3) is 0.222. The van der Waals surface area contributed by atoms with Gasteiger partial charge in [0.05, 0.1) is 4.90 Å². The van der Waals surface area contributed by atoms with Gasteiger partial charge in [-0.25, -0.2) is 13.1 Å². The Morgan fingerprint density at radius 2 is 1.87 bits per heavy atom. The number of carbonyl (C=O) groups excluding carboxylic acids is 1. The minimum atomic E-state index is -3.73. The van der Waals surface area contributed by atoms with Crippen LogP contribution in [0.25, 0.3) is 0 Å². The molecule has 0 atom stereocenters. The first-order valence-electron chi connectivity index (χ1n) is 4.14. The number of sulfonamides is 1. The van der Waals surface area contributed by atoms with Crippen LogP contribution in [0.1, 0.15) is 12.5 Å². The van der Waals surface area contributed by atoms with E-state index in [4.69, 9.17) is 11.6 Å². The smallest absolute Gasteiger partial charge is 0.264 e. The predicted molar refractivity (Wildman–Crippen MR) is 57.0 cm³/mol. The highest BCUT2D eigenvalue weighted by Gasteiger charge is 2.14. The molecule has 0 aromatic heterocycles. The van der Waals surface area contributed by atoms with Crippen molar-refractivity contribution in [2.75, 3.05) is 0 Å². The molecule has 0 radical (unpaired) electrons. The van der Waals surface area contributed by atoms with Gasteiger partial charge < -0.3 is 0 Å². The van der Waals surface area contributed by atoms with Crippen LogP contribution in [0, 0.1) is 0 Å². The zero-order chi connectivity index (χ0) is 11.5. The van der Waals surface area contributed by atoms with Gasteiger partial charge in [-0.2, -0.15) is 0 Å². The highest BCUT2D eigenvalue weighted by Crippen LogP contribution is 2.11. The van der Waals surface area contributed by atoms with Crippen molar-refractivity contribution in [3.63, 3.8) is 0 Å². The van der Waals surface area contributed by atoms with E-state index in [0.29, 0.717) is 5.88 Å². The molecule has 1 rings (SSSR count). The molecule has 1 aromatic rings. The molecule has 0 aliphatic rings. The SMILES string of the molecule is CC(=O)NS(=O)(=O)c1ccc(CCl)cc1. The lowest BCUT2D eigenvalue weighted by Gasteiger charge is -2.04. The summed E-state index contributed by atoms with van der Waals surface area (Å²) in [5, 5.41) is 0. The van der Waals surface area contributed by atoms with Gasteiger partial charge >= 0.3 is 0 Å². The summed E-state index contributed by atoms with van der Waals surface area (Å²) in [6.45, 7) is 1.14. The van der Waals surface area contributed by atoms with Crippen molar-refractivity contribution < 1.29 is 13.2 Å². The van der Waals surface area contributed by atoms with E-state index in [9.17, 15) is 13.2 Å². The molecule has 0 aliphatic carbocycles. The van der Waals surface area contributed by atoms with Crippen LogP contribution in [-0.2, 0) is 20.7 Å². The summed E-state index contributed by atoms with van der Waals surface area (Å²) in [5.74, 6) is -0.295. The molecule has 0 spiro atoms. The predicted octanol–water partition coefficient (Wildman–Crippen LogP) is 1.25. The van der Waals surface area contributed by atoms with Crippen LogP contribution < -0.4 is 4.72 Å². The fourth-order valence-electron chi connectivity index (χ4n) is 1.01. The highest BCUT2D eigenvalue weighted by atomic mass is 35.5. The minimum absolute atomic E-state index is 0.0477. The average Bonchev–Trinajstić information content (AvgIpc) is 2.16.